The van der Waals surface area contributed by atoms with Crippen LogP contribution in [-0.4, -0.2) is 23.0 Å². The van der Waals surface area contributed by atoms with E-state index in [2.05, 4.69) is 15.3 Å². The number of hydrogen-bond donors (Lipinski definition) is 2. The van der Waals surface area contributed by atoms with Gasteiger partial charge in [-0.15, -0.1) is 0 Å². The molecule has 0 spiro atoms. The molecule has 0 saturated heterocycles. The Bertz CT molecular complexity index is 1130. The zero-order chi connectivity index (χ0) is 19.3. The van der Waals surface area contributed by atoms with E-state index in [1.807, 2.05) is 79.0 Å². The average Bonchev–Trinajstić information content (AvgIpc) is 3.16. The van der Waals surface area contributed by atoms with Gasteiger partial charge in [0.2, 0.25) is 0 Å². The van der Waals surface area contributed by atoms with Crippen LogP contribution >= 0.6 is 0 Å². The van der Waals surface area contributed by atoms with Gasteiger partial charge in [-0.3, -0.25) is 4.79 Å². The molecule has 4 aromatic rings. The SMILES string of the molecule is COc1ccc(NC(=O)C(=Cc2c[nH]c3ncccc23)c2ccccc2)cc1. The molecule has 0 aliphatic carbocycles. The molecule has 0 fully saturated rings. The topological polar surface area (TPSA) is 67.0 Å². The van der Waals surface area contributed by atoms with Crippen molar-refractivity contribution in [2.24, 2.45) is 0 Å². The van der Waals surface area contributed by atoms with Crippen molar-refractivity contribution in [3.05, 3.63) is 90.3 Å². The molecule has 2 N–H and O–H groups in total. The van der Waals surface area contributed by atoms with Gasteiger partial charge in [-0.1, -0.05) is 30.3 Å². The minimum Gasteiger partial charge on any atom is -0.497 e. The summed E-state index contributed by atoms with van der Waals surface area (Å²) < 4.78 is 5.17. The quantitative estimate of drug-likeness (QED) is 0.499. The molecule has 4 rings (SSSR count). The first kappa shape index (κ1) is 17.5. The van der Waals surface area contributed by atoms with Crippen molar-refractivity contribution < 1.29 is 9.53 Å². The number of aromatic amines is 1. The molecule has 0 unspecified atom stereocenters. The maximum atomic E-state index is 13.1. The van der Waals surface area contributed by atoms with Gasteiger partial charge in [0, 0.05) is 34.6 Å². The second-order valence-electron chi connectivity index (χ2n) is 6.25. The number of pyridine rings is 1. The van der Waals surface area contributed by atoms with Crippen LogP contribution in [0.15, 0.2) is 79.1 Å². The summed E-state index contributed by atoms with van der Waals surface area (Å²) in [4.78, 5) is 20.6. The van der Waals surface area contributed by atoms with Crippen LogP contribution in [-0.2, 0) is 4.79 Å². The summed E-state index contributed by atoms with van der Waals surface area (Å²) in [6.45, 7) is 0. The number of nitrogens with one attached hydrogen (secondary N) is 2. The molecule has 1 amide bonds. The largest absolute Gasteiger partial charge is 0.497 e. The number of H-pyrrole nitrogens is 1. The summed E-state index contributed by atoms with van der Waals surface area (Å²) in [6, 6.07) is 20.7. The molecular weight excluding hydrogens is 350 g/mol. The predicted molar refractivity (Wildman–Crippen MR) is 112 cm³/mol. The molecule has 138 valence electrons. The third kappa shape index (κ3) is 3.64. The number of carbonyl (C=O) groups excluding carboxylic acids is 1. The van der Waals surface area contributed by atoms with Gasteiger partial charge in [-0.25, -0.2) is 4.98 Å². The molecule has 0 aliphatic rings. The molecule has 0 aliphatic heterocycles. The van der Waals surface area contributed by atoms with Crippen molar-refractivity contribution in [3.8, 4) is 5.75 Å². The van der Waals surface area contributed by atoms with E-state index < -0.39 is 0 Å². The fraction of sp³-hybridized carbons (Fsp3) is 0.0435. The first-order valence-electron chi connectivity index (χ1n) is 8.89. The highest BCUT2D eigenvalue weighted by Gasteiger charge is 2.14. The van der Waals surface area contributed by atoms with Crippen molar-refractivity contribution in [3.63, 3.8) is 0 Å². The number of nitrogens with zero attached hydrogens (tertiary/aromatic N) is 1. The summed E-state index contributed by atoms with van der Waals surface area (Å²) in [7, 11) is 1.61. The minimum atomic E-state index is -0.186. The van der Waals surface area contributed by atoms with Crippen molar-refractivity contribution in [2.45, 2.75) is 0 Å². The highest BCUT2D eigenvalue weighted by atomic mass is 16.5. The lowest BCUT2D eigenvalue weighted by Crippen LogP contribution is -2.13. The second kappa shape index (κ2) is 7.80. The third-order valence-electron chi connectivity index (χ3n) is 4.46. The summed E-state index contributed by atoms with van der Waals surface area (Å²) in [5, 5.41) is 3.93. The van der Waals surface area contributed by atoms with Crippen molar-refractivity contribution in [1.29, 1.82) is 0 Å². The normalized spacial score (nSPS) is 11.4. The molecule has 0 atom stereocenters. The van der Waals surface area contributed by atoms with Crippen LogP contribution in [0, 0.1) is 0 Å². The molecule has 0 saturated carbocycles. The Morgan fingerprint density at radius 3 is 2.57 bits per heavy atom. The van der Waals surface area contributed by atoms with E-state index in [4.69, 9.17) is 4.74 Å². The number of amides is 1. The molecule has 2 aromatic heterocycles. The van der Waals surface area contributed by atoms with Gasteiger partial charge >= 0.3 is 0 Å². The van der Waals surface area contributed by atoms with Crippen LogP contribution in [0.2, 0.25) is 0 Å². The zero-order valence-corrected chi connectivity index (χ0v) is 15.3. The van der Waals surface area contributed by atoms with E-state index in [1.54, 1.807) is 13.3 Å². The highest BCUT2D eigenvalue weighted by Crippen LogP contribution is 2.25. The molecule has 0 bridgehead atoms. The number of methoxy groups -OCH3 is 1. The van der Waals surface area contributed by atoms with Gasteiger partial charge in [0.05, 0.1) is 7.11 Å². The maximum absolute atomic E-state index is 13.1. The van der Waals surface area contributed by atoms with Gasteiger partial charge in [-0.05, 0) is 48.0 Å². The van der Waals surface area contributed by atoms with E-state index in [0.29, 0.717) is 11.3 Å². The van der Waals surface area contributed by atoms with Crippen LogP contribution < -0.4 is 10.1 Å². The van der Waals surface area contributed by atoms with Crippen molar-refractivity contribution >= 4 is 34.3 Å². The molecule has 28 heavy (non-hydrogen) atoms. The predicted octanol–water partition coefficient (Wildman–Crippen LogP) is 4.75. The van der Waals surface area contributed by atoms with E-state index in [1.165, 1.54) is 0 Å². The lowest BCUT2D eigenvalue weighted by atomic mass is 10.0. The van der Waals surface area contributed by atoms with Crippen LogP contribution in [0.5, 0.6) is 5.75 Å². The van der Waals surface area contributed by atoms with Crippen LogP contribution in [0.25, 0.3) is 22.7 Å². The van der Waals surface area contributed by atoms with Crippen LogP contribution in [0.3, 0.4) is 0 Å². The summed E-state index contributed by atoms with van der Waals surface area (Å²) in [6.07, 6.45) is 5.48. The summed E-state index contributed by atoms with van der Waals surface area (Å²) in [5.74, 6) is 0.553. The minimum absolute atomic E-state index is 0.186. The fourth-order valence-corrected chi connectivity index (χ4v) is 3.02. The highest BCUT2D eigenvalue weighted by molar-refractivity contribution is 6.29. The standard InChI is InChI=1S/C23H19N3O2/c1-28-19-11-9-18(10-12-19)26-23(27)21(16-6-3-2-4-7-16)14-17-15-25-22-20(17)8-5-13-24-22/h2-15H,1H3,(H,24,25)(H,26,27). The Labute approximate surface area is 162 Å². The molecule has 5 nitrogen and oxygen atoms in total. The average molecular weight is 369 g/mol. The molecule has 5 heteroatoms. The lowest BCUT2D eigenvalue weighted by Gasteiger charge is -2.10. The summed E-state index contributed by atoms with van der Waals surface area (Å²) in [5.41, 5.74) is 3.81. The summed E-state index contributed by atoms with van der Waals surface area (Å²) >= 11 is 0. The molecular formula is C23H19N3O2. The maximum Gasteiger partial charge on any atom is 0.256 e. The Kier molecular flexibility index (Phi) is 4.89. The third-order valence-corrected chi connectivity index (χ3v) is 4.46. The van der Waals surface area contributed by atoms with E-state index in [9.17, 15) is 4.79 Å². The number of carbonyl (C=O) groups is 1. The Morgan fingerprint density at radius 2 is 1.82 bits per heavy atom. The Morgan fingerprint density at radius 1 is 1.04 bits per heavy atom. The van der Waals surface area contributed by atoms with Gasteiger partial charge in [0.15, 0.2) is 0 Å². The second-order valence-corrected chi connectivity index (χ2v) is 6.25. The molecule has 2 aromatic carbocycles. The monoisotopic (exact) mass is 369 g/mol. The number of fused-ring (bicyclic) bond motifs is 1. The Balaban J connectivity index is 1.72. The van der Waals surface area contributed by atoms with Gasteiger partial charge in [-0.2, -0.15) is 0 Å². The molecule has 2 heterocycles. The number of rotatable bonds is 5. The first-order chi connectivity index (χ1) is 13.7. The van der Waals surface area contributed by atoms with Gasteiger partial charge < -0.3 is 15.0 Å². The van der Waals surface area contributed by atoms with E-state index >= 15 is 0 Å². The van der Waals surface area contributed by atoms with E-state index in [0.717, 1.165) is 27.9 Å². The number of hydrogen-bond acceptors (Lipinski definition) is 3. The number of ether oxygens (including phenoxy) is 1. The fourth-order valence-electron chi connectivity index (χ4n) is 3.02. The van der Waals surface area contributed by atoms with E-state index in [-0.39, 0.29) is 5.91 Å². The number of aromatic nitrogens is 2. The molecule has 0 radical (unpaired) electrons. The van der Waals surface area contributed by atoms with Crippen LogP contribution in [0.1, 0.15) is 11.1 Å². The van der Waals surface area contributed by atoms with Crippen molar-refractivity contribution in [1.82, 2.24) is 9.97 Å². The zero-order valence-electron chi connectivity index (χ0n) is 15.3. The van der Waals surface area contributed by atoms with Gasteiger partial charge in [0.25, 0.3) is 5.91 Å². The smallest absolute Gasteiger partial charge is 0.256 e. The first-order valence-corrected chi connectivity index (χ1v) is 8.89. The van der Waals surface area contributed by atoms with Crippen LogP contribution in [0.4, 0.5) is 5.69 Å². The number of benzene rings is 2. The lowest BCUT2D eigenvalue weighted by molar-refractivity contribution is -0.111. The van der Waals surface area contributed by atoms with Crippen molar-refractivity contribution in [2.75, 3.05) is 12.4 Å². The Hall–Kier alpha value is -3.86. The number of anilines is 1. The van der Waals surface area contributed by atoms with Gasteiger partial charge in [0.1, 0.15) is 11.4 Å².